The second-order valence-electron chi connectivity index (χ2n) is 5.59. The van der Waals surface area contributed by atoms with E-state index in [2.05, 4.69) is 4.90 Å². The van der Waals surface area contributed by atoms with Crippen molar-refractivity contribution >= 4 is 5.69 Å². The van der Waals surface area contributed by atoms with Crippen molar-refractivity contribution < 1.29 is 14.4 Å². The summed E-state index contributed by atoms with van der Waals surface area (Å²) in [4.78, 5) is 12.9. The highest BCUT2D eigenvalue weighted by atomic mass is 16.6. The molecule has 1 aliphatic heterocycles. The SMILES string of the molecule is Cc1ccc(OCCN2CC(C)OC(C)C2)c([N+](=O)[O-])c1. The van der Waals surface area contributed by atoms with Gasteiger partial charge in [-0.15, -0.1) is 0 Å². The van der Waals surface area contributed by atoms with Gasteiger partial charge in [0.15, 0.2) is 5.75 Å². The average molecular weight is 294 g/mol. The molecule has 0 spiro atoms. The van der Waals surface area contributed by atoms with Gasteiger partial charge in [0, 0.05) is 25.7 Å². The van der Waals surface area contributed by atoms with Crippen molar-refractivity contribution in [2.45, 2.75) is 33.0 Å². The highest BCUT2D eigenvalue weighted by molar-refractivity contribution is 5.48. The first-order chi connectivity index (χ1) is 9.95. The summed E-state index contributed by atoms with van der Waals surface area (Å²) in [5.74, 6) is 0.333. The first-order valence-electron chi connectivity index (χ1n) is 7.21. The number of aryl methyl sites for hydroxylation is 1. The number of ether oxygens (including phenoxy) is 2. The molecule has 2 unspecified atom stereocenters. The summed E-state index contributed by atoms with van der Waals surface area (Å²) in [6.07, 6.45) is 0.421. The summed E-state index contributed by atoms with van der Waals surface area (Å²) in [5, 5.41) is 11.0. The van der Waals surface area contributed by atoms with Crippen LogP contribution in [0.5, 0.6) is 5.75 Å². The summed E-state index contributed by atoms with van der Waals surface area (Å²) >= 11 is 0. The molecule has 1 aromatic rings. The first kappa shape index (κ1) is 15.7. The van der Waals surface area contributed by atoms with Gasteiger partial charge in [-0.3, -0.25) is 15.0 Å². The van der Waals surface area contributed by atoms with E-state index in [-0.39, 0.29) is 17.9 Å². The highest BCUT2D eigenvalue weighted by Crippen LogP contribution is 2.27. The molecule has 21 heavy (non-hydrogen) atoms. The van der Waals surface area contributed by atoms with Crippen LogP contribution in [0.1, 0.15) is 19.4 Å². The van der Waals surface area contributed by atoms with Crippen molar-refractivity contribution in [3.8, 4) is 5.75 Å². The average Bonchev–Trinajstić information content (AvgIpc) is 2.39. The van der Waals surface area contributed by atoms with Gasteiger partial charge in [-0.1, -0.05) is 6.07 Å². The summed E-state index contributed by atoms with van der Waals surface area (Å²) in [5.41, 5.74) is 0.878. The van der Waals surface area contributed by atoms with E-state index < -0.39 is 4.92 Å². The molecule has 6 nitrogen and oxygen atoms in total. The normalized spacial score (nSPS) is 23.0. The monoisotopic (exact) mass is 294 g/mol. The van der Waals surface area contributed by atoms with E-state index in [1.165, 1.54) is 6.07 Å². The number of hydrogen-bond acceptors (Lipinski definition) is 5. The Hall–Kier alpha value is -1.66. The minimum Gasteiger partial charge on any atom is -0.485 e. The molecule has 2 atom stereocenters. The van der Waals surface area contributed by atoms with Gasteiger partial charge < -0.3 is 9.47 Å². The maximum Gasteiger partial charge on any atom is 0.311 e. The maximum absolute atomic E-state index is 11.0. The van der Waals surface area contributed by atoms with Crippen molar-refractivity contribution in [2.75, 3.05) is 26.2 Å². The van der Waals surface area contributed by atoms with Crippen LogP contribution < -0.4 is 4.74 Å². The zero-order valence-electron chi connectivity index (χ0n) is 12.7. The molecule has 0 amide bonds. The molecular weight excluding hydrogens is 272 g/mol. The molecular formula is C15H22N2O4. The third-order valence-electron chi connectivity index (χ3n) is 3.47. The van der Waals surface area contributed by atoms with Gasteiger partial charge in [-0.2, -0.15) is 0 Å². The van der Waals surface area contributed by atoms with Crippen molar-refractivity contribution in [3.63, 3.8) is 0 Å². The van der Waals surface area contributed by atoms with Gasteiger partial charge in [0.25, 0.3) is 0 Å². The molecule has 1 saturated heterocycles. The van der Waals surface area contributed by atoms with Crippen LogP contribution >= 0.6 is 0 Å². The van der Waals surface area contributed by atoms with Crippen LogP contribution in [0.25, 0.3) is 0 Å². The van der Waals surface area contributed by atoms with Crippen LogP contribution in [-0.4, -0.2) is 48.3 Å². The first-order valence-corrected chi connectivity index (χ1v) is 7.21. The molecule has 2 rings (SSSR count). The van der Waals surface area contributed by atoms with E-state index in [1.807, 2.05) is 26.8 Å². The molecule has 0 bridgehead atoms. The smallest absolute Gasteiger partial charge is 0.311 e. The Bertz CT molecular complexity index is 496. The van der Waals surface area contributed by atoms with Crippen LogP contribution in [0.3, 0.4) is 0 Å². The van der Waals surface area contributed by atoms with Gasteiger partial charge in [-0.05, 0) is 32.4 Å². The quantitative estimate of drug-likeness (QED) is 0.616. The van der Waals surface area contributed by atoms with Gasteiger partial charge >= 0.3 is 5.69 Å². The zero-order valence-corrected chi connectivity index (χ0v) is 12.7. The van der Waals surface area contributed by atoms with E-state index >= 15 is 0 Å². The molecule has 0 radical (unpaired) electrons. The van der Waals surface area contributed by atoms with Crippen LogP contribution in [0.2, 0.25) is 0 Å². The standard InChI is InChI=1S/C15H22N2O4/c1-11-4-5-15(14(8-11)17(18)19)20-7-6-16-9-12(2)21-13(3)10-16/h4-5,8,12-13H,6-7,9-10H2,1-3H3. The second-order valence-corrected chi connectivity index (χ2v) is 5.59. The molecule has 1 aromatic carbocycles. The molecule has 0 aliphatic carbocycles. The Morgan fingerprint density at radius 1 is 1.38 bits per heavy atom. The summed E-state index contributed by atoms with van der Waals surface area (Å²) in [6.45, 7) is 8.83. The number of rotatable bonds is 5. The molecule has 0 aromatic heterocycles. The minimum absolute atomic E-state index is 0.0266. The highest BCUT2D eigenvalue weighted by Gasteiger charge is 2.22. The van der Waals surface area contributed by atoms with E-state index in [4.69, 9.17) is 9.47 Å². The Labute approximate surface area is 124 Å². The van der Waals surface area contributed by atoms with E-state index in [1.54, 1.807) is 6.07 Å². The third kappa shape index (κ3) is 4.41. The third-order valence-corrected chi connectivity index (χ3v) is 3.47. The van der Waals surface area contributed by atoms with Crippen molar-refractivity contribution in [1.82, 2.24) is 4.90 Å². The summed E-state index contributed by atoms with van der Waals surface area (Å²) in [6, 6.07) is 5.02. The molecule has 0 saturated carbocycles. The van der Waals surface area contributed by atoms with Crippen molar-refractivity contribution in [2.24, 2.45) is 0 Å². The lowest BCUT2D eigenvalue weighted by atomic mass is 10.2. The summed E-state index contributed by atoms with van der Waals surface area (Å²) in [7, 11) is 0. The van der Waals surface area contributed by atoms with Crippen LogP contribution in [-0.2, 0) is 4.74 Å². The lowest BCUT2D eigenvalue weighted by molar-refractivity contribution is -0.385. The predicted octanol–water partition coefficient (Wildman–Crippen LogP) is 2.39. The number of nitro groups is 1. The van der Waals surface area contributed by atoms with Gasteiger partial charge in [-0.25, -0.2) is 0 Å². The van der Waals surface area contributed by atoms with E-state index in [0.29, 0.717) is 12.4 Å². The van der Waals surface area contributed by atoms with Gasteiger partial charge in [0.05, 0.1) is 17.1 Å². The molecule has 6 heteroatoms. The maximum atomic E-state index is 11.0. The van der Waals surface area contributed by atoms with Crippen molar-refractivity contribution in [1.29, 1.82) is 0 Å². The molecule has 116 valence electrons. The number of benzene rings is 1. The number of nitrogens with zero attached hydrogens (tertiary/aromatic N) is 2. The van der Waals surface area contributed by atoms with E-state index in [9.17, 15) is 10.1 Å². The topological polar surface area (TPSA) is 64.8 Å². The minimum atomic E-state index is -0.402. The Morgan fingerprint density at radius 2 is 2.05 bits per heavy atom. The summed E-state index contributed by atoms with van der Waals surface area (Å²) < 4.78 is 11.3. The fourth-order valence-electron chi connectivity index (χ4n) is 2.64. The molecule has 0 N–H and O–H groups in total. The van der Waals surface area contributed by atoms with Crippen LogP contribution in [0, 0.1) is 17.0 Å². The van der Waals surface area contributed by atoms with E-state index in [0.717, 1.165) is 25.2 Å². The molecule has 1 heterocycles. The largest absolute Gasteiger partial charge is 0.485 e. The van der Waals surface area contributed by atoms with Gasteiger partial charge in [0.1, 0.15) is 6.61 Å². The lowest BCUT2D eigenvalue weighted by Gasteiger charge is -2.35. The van der Waals surface area contributed by atoms with Gasteiger partial charge in [0.2, 0.25) is 0 Å². The lowest BCUT2D eigenvalue weighted by Crippen LogP contribution is -2.46. The number of morpholine rings is 1. The number of nitro benzene ring substituents is 1. The fourth-order valence-corrected chi connectivity index (χ4v) is 2.64. The molecule has 1 fully saturated rings. The zero-order chi connectivity index (χ0) is 15.4. The predicted molar refractivity (Wildman–Crippen MR) is 79.8 cm³/mol. The Balaban J connectivity index is 1.90. The second kappa shape index (κ2) is 6.87. The number of hydrogen-bond donors (Lipinski definition) is 0. The Kier molecular flexibility index (Phi) is 5.14. The fraction of sp³-hybridized carbons (Fsp3) is 0.600. The Morgan fingerprint density at radius 3 is 2.67 bits per heavy atom. The van der Waals surface area contributed by atoms with Crippen LogP contribution in [0.15, 0.2) is 18.2 Å². The molecule has 1 aliphatic rings. The van der Waals surface area contributed by atoms with Crippen LogP contribution in [0.4, 0.5) is 5.69 Å². The van der Waals surface area contributed by atoms with Crippen molar-refractivity contribution in [3.05, 3.63) is 33.9 Å².